The monoisotopic (exact) mass is 262 g/mol. The number of thioether (sulfide) groups is 1. The molecular formula is C9H14N2O3S2. The number of hydrogen-bond acceptors (Lipinski definition) is 5. The zero-order chi connectivity index (χ0) is 12.3. The second-order valence-corrected chi connectivity index (χ2v) is 5.93. The quantitative estimate of drug-likeness (QED) is 0.535. The van der Waals surface area contributed by atoms with Crippen molar-refractivity contribution in [3.8, 4) is 0 Å². The number of aliphatic hydroxyl groups excluding tert-OH is 1. The first-order chi connectivity index (χ1) is 7.36. The van der Waals surface area contributed by atoms with E-state index in [2.05, 4.69) is 0 Å². The minimum Gasteiger partial charge on any atom is -0.399 e. The molecule has 0 fully saturated rings. The van der Waals surface area contributed by atoms with Crippen LogP contribution in [0.1, 0.15) is 5.56 Å². The molecule has 0 amide bonds. The fraction of sp³-hybridized carbons (Fsp3) is 0.333. The fourth-order valence-electron chi connectivity index (χ4n) is 1.28. The van der Waals surface area contributed by atoms with Crippen molar-refractivity contribution in [2.45, 2.75) is 16.7 Å². The van der Waals surface area contributed by atoms with Gasteiger partial charge in [0.2, 0.25) is 10.0 Å². The van der Waals surface area contributed by atoms with E-state index in [9.17, 15) is 8.42 Å². The Balaban J connectivity index is 3.27. The van der Waals surface area contributed by atoms with E-state index in [1.807, 2.05) is 0 Å². The van der Waals surface area contributed by atoms with Crippen LogP contribution in [0, 0.1) is 6.92 Å². The number of sulfonamides is 1. The van der Waals surface area contributed by atoms with Gasteiger partial charge in [0.15, 0.2) is 0 Å². The summed E-state index contributed by atoms with van der Waals surface area (Å²) in [5.74, 6) is 0.481. The van der Waals surface area contributed by atoms with Gasteiger partial charge in [-0.15, -0.1) is 11.8 Å². The predicted molar refractivity (Wildman–Crippen MR) is 64.8 cm³/mol. The first kappa shape index (κ1) is 13.3. The van der Waals surface area contributed by atoms with Gasteiger partial charge in [0.1, 0.15) is 0 Å². The number of benzene rings is 1. The van der Waals surface area contributed by atoms with Crippen LogP contribution in [0.3, 0.4) is 0 Å². The molecule has 0 atom stereocenters. The van der Waals surface area contributed by atoms with Crippen molar-refractivity contribution >= 4 is 27.5 Å². The summed E-state index contributed by atoms with van der Waals surface area (Å²) in [7, 11) is -3.76. The molecule has 0 radical (unpaired) electrons. The van der Waals surface area contributed by atoms with Crippen LogP contribution >= 0.6 is 11.8 Å². The molecule has 5 N–H and O–H groups in total. The van der Waals surface area contributed by atoms with Gasteiger partial charge in [-0.2, -0.15) is 0 Å². The summed E-state index contributed by atoms with van der Waals surface area (Å²) in [5.41, 5.74) is 6.51. The Bertz CT molecular complexity index is 486. The number of nitrogens with two attached hydrogens (primary N) is 2. The maximum Gasteiger partial charge on any atom is 0.238 e. The van der Waals surface area contributed by atoms with Gasteiger partial charge in [0, 0.05) is 16.3 Å². The molecule has 0 spiro atoms. The van der Waals surface area contributed by atoms with E-state index in [1.54, 1.807) is 13.0 Å². The highest BCUT2D eigenvalue weighted by Crippen LogP contribution is 2.29. The standard InChI is InChI=1S/C9H14N2O3S2/c1-6-8(15-3-2-12)4-7(10)5-9(6)16(11,13)14/h4-5,12H,2-3,10H2,1H3,(H2,11,13,14). The van der Waals surface area contributed by atoms with Crippen molar-refractivity contribution in [3.63, 3.8) is 0 Å². The van der Waals surface area contributed by atoms with Crippen LogP contribution in [0.25, 0.3) is 0 Å². The molecule has 1 aromatic carbocycles. The Kier molecular flexibility index (Phi) is 4.20. The van der Waals surface area contributed by atoms with Crippen molar-refractivity contribution in [2.75, 3.05) is 18.1 Å². The van der Waals surface area contributed by atoms with E-state index >= 15 is 0 Å². The molecule has 0 bridgehead atoms. The lowest BCUT2D eigenvalue weighted by atomic mass is 10.2. The van der Waals surface area contributed by atoms with E-state index in [0.29, 0.717) is 17.0 Å². The van der Waals surface area contributed by atoms with E-state index < -0.39 is 10.0 Å². The summed E-state index contributed by atoms with van der Waals surface area (Å²) in [6.45, 7) is 1.68. The highest BCUT2D eigenvalue weighted by atomic mass is 32.2. The second-order valence-electron chi connectivity index (χ2n) is 3.26. The summed E-state index contributed by atoms with van der Waals surface area (Å²) in [6, 6.07) is 3.01. The van der Waals surface area contributed by atoms with Crippen LogP contribution in [-0.4, -0.2) is 25.9 Å². The van der Waals surface area contributed by atoms with Gasteiger partial charge in [-0.25, -0.2) is 13.6 Å². The molecule has 0 aliphatic carbocycles. The molecule has 0 aliphatic rings. The number of aliphatic hydroxyl groups is 1. The molecule has 0 unspecified atom stereocenters. The molecule has 1 rings (SSSR count). The number of hydrogen-bond donors (Lipinski definition) is 3. The fourth-order valence-corrected chi connectivity index (χ4v) is 3.04. The van der Waals surface area contributed by atoms with Gasteiger partial charge in [0.25, 0.3) is 0 Å². The van der Waals surface area contributed by atoms with Crippen LogP contribution in [0.4, 0.5) is 5.69 Å². The Morgan fingerprint density at radius 2 is 2.06 bits per heavy atom. The third kappa shape index (κ3) is 3.11. The molecule has 0 saturated carbocycles. The smallest absolute Gasteiger partial charge is 0.238 e. The van der Waals surface area contributed by atoms with Crippen LogP contribution < -0.4 is 10.9 Å². The lowest BCUT2D eigenvalue weighted by molar-refractivity contribution is 0.322. The molecule has 0 aliphatic heterocycles. The van der Waals surface area contributed by atoms with Crippen LogP contribution in [0.5, 0.6) is 0 Å². The number of anilines is 1. The van der Waals surface area contributed by atoms with Gasteiger partial charge < -0.3 is 10.8 Å². The minimum atomic E-state index is -3.76. The van der Waals surface area contributed by atoms with Gasteiger partial charge in [-0.1, -0.05) is 0 Å². The van der Waals surface area contributed by atoms with Gasteiger partial charge in [0.05, 0.1) is 11.5 Å². The largest absolute Gasteiger partial charge is 0.399 e. The van der Waals surface area contributed by atoms with Gasteiger partial charge in [-0.05, 0) is 24.6 Å². The number of rotatable bonds is 4. The van der Waals surface area contributed by atoms with Gasteiger partial charge >= 0.3 is 0 Å². The van der Waals surface area contributed by atoms with Gasteiger partial charge in [-0.3, -0.25) is 0 Å². The van der Waals surface area contributed by atoms with Crippen LogP contribution in [0.2, 0.25) is 0 Å². The Morgan fingerprint density at radius 3 is 2.56 bits per heavy atom. The second kappa shape index (κ2) is 5.05. The Morgan fingerprint density at radius 1 is 1.44 bits per heavy atom. The summed E-state index contributed by atoms with van der Waals surface area (Å²) < 4.78 is 22.6. The lowest BCUT2D eigenvalue weighted by Crippen LogP contribution is -2.14. The summed E-state index contributed by atoms with van der Waals surface area (Å²) >= 11 is 1.34. The first-order valence-corrected chi connectivity index (χ1v) is 7.06. The van der Waals surface area contributed by atoms with Crippen molar-refractivity contribution in [3.05, 3.63) is 17.7 Å². The third-order valence-electron chi connectivity index (χ3n) is 1.99. The topological polar surface area (TPSA) is 106 Å². The molecule has 5 nitrogen and oxygen atoms in total. The summed E-state index contributed by atoms with van der Waals surface area (Å²) in [6.07, 6.45) is 0. The SMILES string of the molecule is Cc1c(SCCO)cc(N)cc1S(N)(=O)=O. The minimum absolute atomic E-state index is 0.0175. The van der Waals surface area contributed by atoms with Crippen molar-refractivity contribution in [2.24, 2.45) is 5.14 Å². The summed E-state index contributed by atoms with van der Waals surface area (Å²) in [4.78, 5) is 0.756. The maximum atomic E-state index is 11.3. The highest BCUT2D eigenvalue weighted by molar-refractivity contribution is 7.99. The lowest BCUT2D eigenvalue weighted by Gasteiger charge is -2.10. The third-order valence-corrected chi connectivity index (χ3v) is 4.15. The molecule has 0 heterocycles. The van der Waals surface area contributed by atoms with Crippen LogP contribution in [-0.2, 0) is 10.0 Å². The van der Waals surface area contributed by atoms with Crippen LogP contribution in [0.15, 0.2) is 21.9 Å². The predicted octanol–water partition coefficient (Wildman–Crippen LogP) is 0.309. The number of nitrogen functional groups attached to an aromatic ring is 1. The van der Waals surface area contributed by atoms with E-state index in [1.165, 1.54) is 17.8 Å². The Labute approximate surface area is 98.9 Å². The summed E-state index contributed by atoms with van der Waals surface area (Å²) in [5, 5.41) is 13.8. The molecule has 0 aromatic heterocycles. The molecule has 16 heavy (non-hydrogen) atoms. The maximum absolute atomic E-state index is 11.3. The molecule has 0 saturated heterocycles. The number of primary sulfonamides is 1. The Hall–Kier alpha value is -0.760. The van der Waals surface area contributed by atoms with E-state index in [0.717, 1.165) is 4.90 Å². The van der Waals surface area contributed by atoms with E-state index in [4.69, 9.17) is 16.0 Å². The van der Waals surface area contributed by atoms with E-state index in [-0.39, 0.29) is 11.5 Å². The highest BCUT2D eigenvalue weighted by Gasteiger charge is 2.15. The average molecular weight is 262 g/mol. The zero-order valence-corrected chi connectivity index (χ0v) is 10.4. The molecule has 1 aromatic rings. The average Bonchev–Trinajstić information content (AvgIpc) is 2.17. The molecule has 90 valence electrons. The molecular weight excluding hydrogens is 248 g/mol. The normalized spacial score (nSPS) is 11.7. The van der Waals surface area contributed by atoms with Crippen molar-refractivity contribution in [1.82, 2.24) is 0 Å². The first-order valence-electron chi connectivity index (χ1n) is 4.53. The van der Waals surface area contributed by atoms with Crippen molar-refractivity contribution < 1.29 is 13.5 Å². The molecule has 7 heteroatoms. The van der Waals surface area contributed by atoms with Crippen molar-refractivity contribution in [1.29, 1.82) is 0 Å². The zero-order valence-electron chi connectivity index (χ0n) is 8.80.